The monoisotopic (exact) mass is 305 g/mol. The van der Waals surface area contributed by atoms with Gasteiger partial charge in [0, 0.05) is 31.0 Å². The Morgan fingerprint density at radius 1 is 1.06 bits per heavy atom. The fourth-order valence-corrected chi connectivity index (χ4v) is 2.74. The van der Waals surface area contributed by atoms with Crippen LogP contribution in [-0.4, -0.2) is 18.2 Å². The lowest BCUT2D eigenvalue weighted by Gasteiger charge is -2.29. The van der Waals surface area contributed by atoms with Crippen LogP contribution in [0.25, 0.3) is 0 Å². The predicted molar refractivity (Wildman–Crippen MR) is 77.2 cm³/mol. The van der Waals surface area contributed by atoms with Crippen molar-refractivity contribution in [2.24, 2.45) is 0 Å². The molecule has 1 aromatic carbocycles. The molecule has 0 saturated carbocycles. The molecule has 2 bridgehead atoms. The highest BCUT2D eigenvalue weighted by molar-refractivity contribution is 6.42. The van der Waals surface area contributed by atoms with Gasteiger partial charge in [-0.3, -0.25) is 0 Å². The van der Waals surface area contributed by atoms with E-state index in [-0.39, 0.29) is 18.5 Å². The number of piperidine rings is 1. The molecule has 2 nitrogen and oxygen atoms in total. The molecule has 3 rings (SSSR count). The van der Waals surface area contributed by atoms with E-state index in [1.807, 2.05) is 6.07 Å². The Kier molecular flexibility index (Phi) is 4.44. The van der Waals surface area contributed by atoms with Crippen molar-refractivity contribution in [3.05, 3.63) is 40.4 Å². The molecule has 0 aromatic heterocycles. The second-order valence-corrected chi connectivity index (χ2v) is 5.37. The van der Waals surface area contributed by atoms with Crippen LogP contribution in [-0.2, 0) is 0 Å². The molecule has 2 heterocycles. The third kappa shape index (κ3) is 2.94. The zero-order chi connectivity index (χ0) is 11.8. The van der Waals surface area contributed by atoms with Gasteiger partial charge in [0.15, 0.2) is 0 Å². The first kappa shape index (κ1) is 14.0. The largest absolute Gasteiger partial charge is 0.490 e. The van der Waals surface area contributed by atoms with Gasteiger partial charge < -0.3 is 10.1 Å². The maximum Gasteiger partial charge on any atom is 0.121 e. The highest BCUT2D eigenvalue weighted by atomic mass is 35.5. The van der Waals surface area contributed by atoms with Crippen molar-refractivity contribution < 1.29 is 4.74 Å². The van der Waals surface area contributed by atoms with E-state index in [1.54, 1.807) is 12.1 Å². The fourth-order valence-electron chi connectivity index (χ4n) is 2.45. The van der Waals surface area contributed by atoms with Crippen molar-refractivity contribution in [1.29, 1.82) is 0 Å². The van der Waals surface area contributed by atoms with E-state index >= 15 is 0 Å². The average Bonchev–Trinajstić information content (AvgIpc) is 2.64. The maximum absolute atomic E-state index is 5.96. The van der Waals surface area contributed by atoms with E-state index in [9.17, 15) is 0 Å². The zero-order valence-corrected chi connectivity index (χ0v) is 11.9. The molecule has 2 aliphatic rings. The molecule has 0 aliphatic carbocycles. The second kappa shape index (κ2) is 5.70. The number of fused-ring (bicyclic) bond motifs is 2. The van der Waals surface area contributed by atoms with Crippen LogP contribution in [0.4, 0.5) is 0 Å². The van der Waals surface area contributed by atoms with Crippen molar-refractivity contribution >= 4 is 35.6 Å². The lowest BCUT2D eigenvalue weighted by atomic mass is 10.0. The molecular weight excluding hydrogens is 293 g/mol. The van der Waals surface area contributed by atoms with E-state index in [2.05, 4.69) is 17.5 Å². The number of halogens is 3. The van der Waals surface area contributed by atoms with E-state index in [4.69, 9.17) is 27.9 Å². The third-order valence-electron chi connectivity index (χ3n) is 3.23. The minimum absolute atomic E-state index is 0. The molecular formula is C13H14Cl3NO. The van der Waals surface area contributed by atoms with E-state index in [0.29, 0.717) is 22.1 Å². The molecule has 1 N–H and O–H groups in total. The average molecular weight is 307 g/mol. The van der Waals surface area contributed by atoms with Gasteiger partial charge in [-0.05, 0) is 12.1 Å². The van der Waals surface area contributed by atoms with Gasteiger partial charge >= 0.3 is 0 Å². The van der Waals surface area contributed by atoms with Crippen LogP contribution in [0.5, 0.6) is 5.75 Å². The summed E-state index contributed by atoms with van der Waals surface area (Å²) in [7, 11) is 0. The Morgan fingerprint density at radius 2 is 1.72 bits per heavy atom. The number of benzene rings is 1. The van der Waals surface area contributed by atoms with Crippen molar-refractivity contribution in [3.8, 4) is 5.75 Å². The van der Waals surface area contributed by atoms with Gasteiger partial charge in [-0.2, -0.15) is 0 Å². The van der Waals surface area contributed by atoms with Crippen LogP contribution in [0.1, 0.15) is 12.8 Å². The van der Waals surface area contributed by atoms with Crippen LogP contribution in [0, 0.1) is 0 Å². The first-order valence-electron chi connectivity index (χ1n) is 5.77. The van der Waals surface area contributed by atoms with Gasteiger partial charge in [-0.25, -0.2) is 0 Å². The van der Waals surface area contributed by atoms with Gasteiger partial charge in [0.2, 0.25) is 0 Å². The predicted octanol–water partition coefficient (Wildman–Crippen LogP) is 3.85. The minimum Gasteiger partial charge on any atom is -0.490 e. The molecule has 0 amide bonds. The van der Waals surface area contributed by atoms with E-state index in [0.717, 1.165) is 18.6 Å². The molecule has 0 radical (unpaired) electrons. The number of rotatable bonds is 2. The number of nitrogens with one attached hydrogen (secondary N) is 1. The van der Waals surface area contributed by atoms with Crippen LogP contribution in [0.3, 0.4) is 0 Å². The van der Waals surface area contributed by atoms with Gasteiger partial charge in [0.05, 0.1) is 10.0 Å². The summed E-state index contributed by atoms with van der Waals surface area (Å²) in [5.41, 5.74) is 0. The molecule has 1 fully saturated rings. The van der Waals surface area contributed by atoms with Crippen LogP contribution in [0.2, 0.25) is 10.0 Å². The minimum atomic E-state index is 0. The zero-order valence-electron chi connectivity index (χ0n) is 9.61. The summed E-state index contributed by atoms with van der Waals surface area (Å²) in [6.45, 7) is 0. The smallest absolute Gasteiger partial charge is 0.121 e. The normalized spacial score (nSPS) is 28.9. The number of hydrogen-bond acceptors (Lipinski definition) is 2. The standard InChI is InChI=1S/C13H13Cl2NO.ClH/c14-12-4-3-10(7-13(12)15)17-11-5-8-1-2-9(6-11)16-8;/h1-4,7-9,11,16H,5-6H2;1H. The summed E-state index contributed by atoms with van der Waals surface area (Å²) in [4.78, 5) is 0. The van der Waals surface area contributed by atoms with Crippen molar-refractivity contribution in [2.75, 3.05) is 0 Å². The number of hydrogen-bond donors (Lipinski definition) is 1. The highest BCUT2D eigenvalue weighted by Gasteiger charge is 2.30. The van der Waals surface area contributed by atoms with Gasteiger partial charge in [-0.15, -0.1) is 12.4 Å². The third-order valence-corrected chi connectivity index (χ3v) is 3.97. The van der Waals surface area contributed by atoms with Crippen LogP contribution >= 0.6 is 35.6 Å². The first-order valence-corrected chi connectivity index (χ1v) is 6.52. The quantitative estimate of drug-likeness (QED) is 0.838. The Bertz CT molecular complexity index is 450. The molecule has 98 valence electrons. The first-order chi connectivity index (χ1) is 8.20. The Balaban J connectivity index is 0.00000120. The summed E-state index contributed by atoms with van der Waals surface area (Å²) in [5, 5.41) is 4.59. The highest BCUT2D eigenvalue weighted by Crippen LogP contribution is 2.29. The molecule has 18 heavy (non-hydrogen) atoms. The van der Waals surface area contributed by atoms with Crippen LogP contribution in [0.15, 0.2) is 30.4 Å². The summed E-state index contributed by atoms with van der Waals surface area (Å²) >= 11 is 11.8. The Labute approximate surface area is 123 Å². The van der Waals surface area contributed by atoms with Crippen molar-refractivity contribution in [3.63, 3.8) is 0 Å². The maximum atomic E-state index is 5.96. The van der Waals surface area contributed by atoms with Crippen molar-refractivity contribution in [2.45, 2.75) is 31.0 Å². The Hall–Kier alpha value is -0.410. The second-order valence-electron chi connectivity index (χ2n) is 4.55. The van der Waals surface area contributed by atoms with Gasteiger partial charge in [0.25, 0.3) is 0 Å². The molecule has 2 aliphatic heterocycles. The molecule has 5 heteroatoms. The molecule has 1 aromatic rings. The van der Waals surface area contributed by atoms with Crippen molar-refractivity contribution in [1.82, 2.24) is 5.32 Å². The lowest BCUT2D eigenvalue weighted by molar-refractivity contribution is 0.142. The summed E-state index contributed by atoms with van der Waals surface area (Å²) < 4.78 is 5.95. The van der Waals surface area contributed by atoms with Gasteiger partial charge in [-0.1, -0.05) is 35.4 Å². The SMILES string of the molecule is Cl.Clc1ccc(OC2CC3C=CC(C2)N3)cc1Cl. The fraction of sp³-hybridized carbons (Fsp3) is 0.385. The molecule has 0 spiro atoms. The molecule has 2 unspecified atom stereocenters. The lowest BCUT2D eigenvalue weighted by Crippen LogP contribution is -2.43. The summed E-state index contributed by atoms with van der Waals surface area (Å²) in [6, 6.07) is 6.34. The summed E-state index contributed by atoms with van der Waals surface area (Å²) in [5.74, 6) is 0.797. The van der Waals surface area contributed by atoms with E-state index in [1.165, 1.54) is 0 Å². The van der Waals surface area contributed by atoms with E-state index < -0.39 is 0 Å². The Morgan fingerprint density at radius 3 is 2.33 bits per heavy atom. The molecule has 2 atom stereocenters. The number of ether oxygens (including phenoxy) is 1. The summed E-state index contributed by atoms with van der Waals surface area (Å²) in [6.07, 6.45) is 6.71. The topological polar surface area (TPSA) is 21.3 Å². The van der Waals surface area contributed by atoms with Gasteiger partial charge in [0.1, 0.15) is 11.9 Å². The van der Waals surface area contributed by atoms with Crippen LogP contribution < -0.4 is 10.1 Å². The molecule has 1 saturated heterocycles.